The second-order valence-corrected chi connectivity index (χ2v) is 7.32. The molecule has 0 radical (unpaired) electrons. The highest BCUT2D eigenvalue weighted by molar-refractivity contribution is 9.11. The van der Waals surface area contributed by atoms with E-state index in [1.807, 2.05) is 18.5 Å². The molecule has 1 aromatic heterocycles. The van der Waals surface area contributed by atoms with Crippen LogP contribution in [0.15, 0.2) is 44.4 Å². The van der Waals surface area contributed by atoms with Crippen LogP contribution in [0.4, 0.5) is 0 Å². The summed E-state index contributed by atoms with van der Waals surface area (Å²) in [5, 5.41) is 1.87. The van der Waals surface area contributed by atoms with Crippen molar-refractivity contribution in [2.75, 3.05) is 13.3 Å². The van der Waals surface area contributed by atoms with Crippen LogP contribution in [0.25, 0.3) is 0 Å². The molecule has 19 heavy (non-hydrogen) atoms. The predicted octanol–water partition coefficient (Wildman–Crippen LogP) is 4.50. The fraction of sp³-hybridized carbons (Fsp3) is 0.214. The zero-order chi connectivity index (χ0) is 13.8. The lowest BCUT2D eigenvalue weighted by molar-refractivity contribution is 0.0785. The molecule has 1 heterocycles. The lowest BCUT2D eigenvalue weighted by Crippen LogP contribution is -2.25. The lowest BCUT2D eigenvalue weighted by atomic mass is 10.2. The Balaban J connectivity index is 2.03. The Hall–Kier alpha value is -0.780. The van der Waals surface area contributed by atoms with Gasteiger partial charge in [-0.25, -0.2) is 0 Å². The first kappa shape index (κ1) is 14.6. The summed E-state index contributed by atoms with van der Waals surface area (Å²) in [5.41, 5.74) is 1.88. The van der Waals surface area contributed by atoms with Crippen LogP contribution >= 0.6 is 39.0 Å². The predicted molar refractivity (Wildman–Crippen MR) is 86.0 cm³/mol. The number of hydrogen-bond donors (Lipinski definition) is 0. The average molecular weight is 356 g/mol. The van der Waals surface area contributed by atoms with Crippen molar-refractivity contribution in [1.29, 1.82) is 0 Å². The van der Waals surface area contributed by atoms with Crippen LogP contribution in [0.3, 0.4) is 0 Å². The molecule has 0 atom stereocenters. The number of rotatable bonds is 4. The molecule has 2 rings (SSSR count). The summed E-state index contributed by atoms with van der Waals surface area (Å²) in [6.45, 7) is 0.626. The van der Waals surface area contributed by atoms with Gasteiger partial charge in [-0.15, -0.1) is 23.1 Å². The molecule has 0 bridgehead atoms. The van der Waals surface area contributed by atoms with Crippen molar-refractivity contribution >= 4 is 44.9 Å². The summed E-state index contributed by atoms with van der Waals surface area (Å²) in [6, 6.07) is 10.2. The van der Waals surface area contributed by atoms with E-state index in [-0.39, 0.29) is 5.91 Å². The molecule has 2 aromatic rings. The van der Waals surface area contributed by atoms with Crippen LogP contribution in [0.2, 0.25) is 0 Å². The highest BCUT2D eigenvalue weighted by Gasteiger charge is 2.13. The smallest absolute Gasteiger partial charge is 0.254 e. The van der Waals surface area contributed by atoms with Crippen LogP contribution in [0.1, 0.15) is 15.9 Å². The van der Waals surface area contributed by atoms with E-state index < -0.39 is 0 Å². The number of halogens is 1. The third-order valence-corrected chi connectivity index (χ3v) is 4.99. The molecule has 0 saturated heterocycles. The van der Waals surface area contributed by atoms with E-state index in [0.717, 1.165) is 14.9 Å². The Morgan fingerprint density at radius 1 is 1.37 bits per heavy atom. The number of hydrogen-bond acceptors (Lipinski definition) is 3. The summed E-state index contributed by atoms with van der Waals surface area (Å²) < 4.78 is 0.980. The van der Waals surface area contributed by atoms with E-state index >= 15 is 0 Å². The van der Waals surface area contributed by atoms with Gasteiger partial charge in [0.15, 0.2) is 0 Å². The van der Waals surface area contributed by atoms with Gasteiger partial charge in [0, 0.05) is 23.9 Å². The van der Waals surface area contributed by atoms with Crippen molar-refractivity contribution in [3.63, 3.8) is 0 Å². The molecular formula is C14H14BrNOS2. The first-order valence-corrected chi connectivity index (χ1v) is 8.62. The fourth-order valence-electron chi connectivity index (χ4n) is 1.72. The van der Waals surface area contributed by atoms with Gasteiger partial charge in [0.2, 0.25) is 0 Å². The molecule has 0 aliphatic carbocycles. The number of benzene rings is 1. The second-order valence-electron chi connectivity index (χ2n) is 4.15. The highest BCUT2D eigenvalue weighted by atomic mass is 79.9. The van der Waals surface area contributed by atoms with E-state index in [4.69, 9.17) is 0 Å². The molecule has 0 spiro atoms. The molecule has 2 nitrogen and oxygen atoms in total. The SMILES string of the molecule is CSc1ccc(CN(C)C(=O)c2csc(Br)c2)cc1. The largest absolute Gasteiger partial charge is 0.337 e. The van der Waals surface area contributed by atoms with Gasteiger partial charge in [0.1, 0.15) is 0 Å². The van der Waals surface area contributed by atoms with Gasteiger partial charge in [-0.1, -0.05) is 12.1 Å². The summed E-state index contributed by atoms with van der Waals surface area (Å²) in [7, 11) is 1.83. The molecule has 0 fully saturated rings. The molecule has 0 unspecified atom stereocenters. The van der Waals surface area contributed by atoms with Crippen LogP contribution < -0.4 is 0 Å². The van der Waals surface area contributed by atoms with Gasteiger partial charge in [0.05, 0.1) is 9.35 Å². The summed E-state index contributed by atoms with van der Waals surface area (Å²) in [6.07, 6.45) is 2.05. The van der Waals surface area contributed by atoms with E-state index in [1.54, 1.807) is 16.7 Å². The first-order chi connectivity index (χ1) is 9.10. The minimum atomic E-state index is 0.0518. The van der Waals surface area contributed by atoms with E-state index in [0.29, 0.717) is 6.54 Å². The summed E-state index contributed by atoms with van der Waals surface area (Å²) in [5.74, 6) is 0.0518. The lowest BCUT2D eigenvalue weighted by Gasteiger charge is -2.16. The van der Waals surface area contributed by atoms with Gasteiger partial charge < -0.3 is 4.90 Å². The summed E-state index contributed by atoms with van der Waals surface area (Å²) in [4.78, 5) is 15.2. The second kappa shape index (κ2) is 6.59. The van der Waals surface area contributed by atoms with Crippen molar-refractivity contribution in [1.82, 2.24) is 4.90 Å². The number of amides is 1. The number of thiophene rings is 1. The van der Waals surface area contributed by atoms with Gasteiger partial charge in [-0.05, 0) is 45.9 Å². The zero-order valence-corrected chi connectivity index (χ0v) is 13.9. The maximum absolute atomic E-state index is 12.2. The normalized spacial score (nSPS) is 10.5. The van der Waals surface area contributed by atoms with Crippen molar-refractivity contribution < 1.29 is 4.79 Å². The molecule has 0 aliphatic heterocycles. The minimum absolute atomic E-state index is 0.0518. The Labute approximate surface area is 130 Å². The summed E-state index contributed by atoms with van der Waals surface area (Å²) >= 11 is 6.62. The van der Waals surface area contributed by atoms with E-state index in [2.05, 4.69) is 46.5 Å². The fourth-order valence-corrected chi connectivity index (χ4v) is 3.26. The molecule has 1 aromatic carbocycles. The quantitative estimate of drug-likeness (QED) is 0.752. The average Bonchev–Trinajstić information content (AvgIpc) is 2.85. The Kier molecular flexibility index (Phi) is 5.07. The van der Waals surface area contributed by atoms with Crippen molar-refractivity contribution in [3.8, 4) is 0 Å². The molecule has 5 heteroatoms. The zero-order valence-electron chi connectivity index (χ0n) is 10.7. The van der Waals surface area contributed by atoms with Gasteiger partial charge in [-0.3, -0.25) is 4.79 Å². The minimum Gasteiger partial charge on any atom is -0.337 e. The van der Waals surface area contributed by atoms with Gasteiger partial charge >= 0.3 is 0 Å². The number of nitrogens with zero attached hydrogens (tertiary/aromatic N) is 1. The molecule has 1 amide bonds. The standard InChI is InChI=1S/C14H14BrNOS2/c1-16(14(17)11-7-13(15)19-9-11)8-10-3-5-12(18-2)6-4-10/h3-7,9H,8H2,1-2H3. The monoisotopic (exact) mass is 355 g/mol. The molecular weight excluding hydrogens is 342 g/mol. The maximum atomic E-state index is 12.2. The van der Waals surface area contributed by atoms with Crippen molar-refractivity contribution in [2.24, 2.45) is 0 Å². The van der Waals surface area contributed by atoms with Crippen molar-refractivity contribution in [2.45, 2.75) is 11.4 Å². The topological polar surface area (TPSA) is 20.3 Å². The van der Waals surface area contributed by atoms with Crippen molar-refractivity contribution in [3.05, 3.63) is 50.6 Å². The molecule has 100 valence electrons. The van der Waals surface area contributed by atoms with E-state index in [9.17, 15) is 4.79 Å². The third kappa shape index (κ3) is 3.84. The number of carbonyl (C=O) groups is 1. The molecule has 0 N–H and O–H groups in total. The number of thioether (sulfide) groups is 1. The third-order valence-electron chi connectivity index (χ3n) is 2.74. The van der Waals surface area contributed by atoms with Gasteiger partial charge in [0.25, 0.3) is 5.91 Å². The maximum Gasteiger partial charge on any atom is 0.254 e. The van der Waals surface area contributed by atoms with Crippen LogP contribution in [0.5, 0.6) is 0 Å². The highest BCUT2D eigenvalue weighted by Crippen LogP contribution is 2.22. The van der Waals surface area contributed by atoms with Crippen LogP contribution in [-0.2, 0) is 6.54 Å². The van der Waals surface area contributed by atoms with Gasteiger partial charge in [-0.2, -0.15) is 0 Å². The Morgan fingerprint density at radius 3 is 2.58 bits per heavy atom. The van der Waals surface area contributed by atoms with E-state index in [1.165, 1.54) is 16.2 Å². The molecule has 0 aliphatic rings. The number of carbonyl (C=O) groups excluding carboxylic acids is 1. The van der Waals surface area contributed by atoms with Crippen LogP contribution in [-0.4, -0.2) is 24.1 Å². The molecule has 0 saturated carbocycles. The van der Waals surface area contributed by atoms with Crippen LogP contribution in [0, 0.1) is 0 Å². The first-order valence-electron chi connectivity index (χ1n) is 5.72. The Morgan fingerprint density at radius 2 is 2.05 bits per heavy atom. The Bertz CT molecular complexity index is 565.